The second kappa shape index (κ2) is 6.43. The molecule has 1 aliphatic heterocycles. The van der Waals surface area contributed by atoms with Crippen molar-refractivity contribution in [3.63, 3.8) is 0 Å². The second-order valence-corrected chi connectivity index (χ2v) is 5.60. The number of nitrogens with one attached hydrogen (secondary N) is 1. The predicted octanol–water partition coefficient (Wildman–Crippen LogP) is 2.16. The van der Waals surface area contributed by atoms with Gasteiger partial charge in [0, 0.05) is 36.2 Å². The van der Waals surface area contributed by atoms with E-state index in [1.807, 2.05) is 0 Å². The van der Waals surface area contributed by atoms with Crippen molar-refractivity contribution in [3.8, 4) is 0 Å². The van der Waals surface area contributed by atoms with E-state index in [0.29, 0.717) is 26.2 Å². The normalized spacial score (nSPS) is 19.1. The van der Waals surface area contributed by atoms with Gasteiger partial charge in [-0.2, -0.15) is 0 Å². The minimum atomic E-state index is -3.41. The van der Waals surface area contributed by atoms with Gasteiger partial charge in [0.1, 0.15) is 18.5 Å². The van der Waals surface area contributed by atoms with Gasteiger partial charge >= 0.3 is 0 Å². The van der Waals surface area contributed by atoms with E-state index in [2.05, 4.69) is 21.2 Å². The van der Waals surface area contributed by atoms with Crippen LogP contribution in [0.5, 0.6) is 0 Å². The molecule has 1 aliphatic rings. The average molecular weight is 353 g/mol. The summed E-state index contributed by atoms with van der Waals surface area (Å²) in [7, 11) is 0. The number of alkyl halides is 2. The highest BCUT2D eigenvalue weighted by atomic mass is 79.9. The van der Waals surface area contributed by atoms with Gasteiger partial charge in [-0.15, -0.1) is 0 Å². The van der Waals surface area contributed by atoms with Crippen LogP contribution in [0.25, 0.3) is 0 Å². The summed E-state index contributed by atoms with van der Waals surface area (Å²) < 4.78 is 42.6. The van der Waals surface area contributed by atoms with Crippen molar-refractivity contribution in [2.24, 2.45) is 0 Å². The minimum absolute atomic E-state index is 0.103. The van der Waals surface area contributed by atoms with Crippen LogP contribution in [0.1, 0.15) is 11.6 Å². The molecular weight excluding hydrogens is 337 g/mol. The average Bonchev–Trinajstić information content (AvgIpc) is 2.43. The van der Waals surface area contributed by atoms with Gasteiger partial charge in [0.15, 0.2) is 0 Å². The Morgan fingerprint density at radius 2 is 2.00 bits per heavy atom. The lowest BCUT2D eigenvalue weighted by atomic mass is 9.97. The molecule has 0 unspecified atom stereocenters. The first-order valence-electron chi connectivity index (χ1n) is 6.34. The van der Waals surface area contributed by atoms with Gasteiger partial charge in [-0.05, 0) is 12.1 Å². The van der Waals surface area contributed by atoms with Crippen molar-refractivity contribution in [3.05, 3.63) is 34.1 Å². The molecule has 0 aromatic heterocycles. The van der Waals surface area contributed by atoms with Crippen molar-refractivity contribution >= 4 is 15.9 Å². The molecule has 1 heterocycles. The van der Waals surface area contributed by atoms with Crippen LogP contribution in [0.4, 0.5) is 13.2 Å². The van der Waals surface area contributed by atoms with E-state index in [-0.39, 0.29) is 10.0 Å². The van der Waals surface area contributed by atoms with Crippen LogP contribution < -0.4 is 5.32 Å². The van der Waals surface area contributed by atoms with Crippen LogP contribution in [0, 0.1) is 5.82 Å². The van der Waals surface area contributed by atoms with Crippen LogP contribution in [0.2, 0.25) is 0 Å². The maximum absolute atomic E-state index is 14.1. The largest absolute Gasteiger partial charge is 0.390 e. The SMILES string of the molecule is OCC(F)(F)[C@@H](c1c(F)cccc1Br)N1CCNCC1. The van der Waals surface area contributed by atoms with Crippen LogP contribution in [0.15, 0.2) is 22.7 Å². The Labute approximate surface area is 123 Å². The maximum Gasteiger partial charge on any atom is 0.290 e. The topological polar surface area (TPSA) is 35.5 Å². The summed E-state index contributed by atoms with van der Waals surface area (Å²) in [5, 5.41) is 12.1. The van der Waals surface area contributed by atoms with Crippen LogP contribution in [-0.4, -0.2) is 48.7 Å². The van der Waals surface area contributed by atoms with Crippen molar-refractivity contribution in [1.82, 2.24) is 10.2 Å². The summed E-state index contributed by atoms with van der Waals surface area (Å²) >= 11 is 3.14. The summed E-state index contributed by atoms with van der Waals surface area (Å²) in [6.07, 6.45) is 0. The Morgan fingerprint density at radius 3 is 2.55 bits per heavy atom. The lowest BCUT2D eigenvalue weighted by Crippen LogP contribution is -2.51. The van der Waals surface area contributed by atoms with Crippen molar-refractivity contribution in [1.29, 1.82) is 0 Å². The molecule has 1 saturated heterocycles. The molecule has 1 atom stereocenters. The molecule has 0 bridgehead atoms. The first-order valence-corrected chi connectivity index (χ1v) is 7.14. The van der Waals surface area contributed by atoms with Gasteiger partial charge in [-0.25, -0.2) is 13.2 Å². The van der Waals surface area contributed by atoms with Gasteiger partial charge in [0.2, 0.25) is 0 Å². The van der Waals surface area contributed by atoms with E-state index in [1.54, 1.807) is 0 Å². The zero-order valence-electron chi connectivity index (χ0n) is 10.8. The molecule has 0 spiro atoms. The van der Waals surface area contributed by atoms with Gasteiger partial charge < -0.3 is 10.4 Å². The molecule has 1 aromatic carbocycles. The molecule has 7 heteroatoms. The van der Waals surface area contributed by atoms with Gasteiger partial charge in [-0.1, -0.05) is 22.0 Å². The summed E-state index contributed by atoms with van der Waals surface area (Å²) in [6, 6.07) is 2.66. The van der Waals surface area contributed by atoms with Gasteiger partial charge in [0.25, 0.3) is 5.92 Å². The lowest BCUT2D eigenvalue weighted by Gasteiger charge is -2.39. The number of hydrogen-bond donors (Lipinski definition) is 2. The number of aliphatic hydroxyl groups excluding tert-OH is 1. The predicted molar refractivity (Wildman–Crippen MR) is 73.3 cm³/mol. The zero-order valence-corrected chi connectivity index (χ0v) is 12.3. The third-order valence-electron chi connectivity index (χ3n) is 3.40. The van der Waals surface area contributed by atoms with Gasteiger partial charge in [0.05, 0.1) is 0 Å². The Bertz CT molecular complexity index is 447. The Morgan fingerprint density at radius 1 is 1.35 bits per heavy atom. The number of hydrogen-bond acceptors (Lipinski definition) is 3. The first kappa shape index (κ1) is 15.8. The van der Waals surface area contributed by atoms with E-state index in [1.165, 1.54) is 17.0 Å². The van der Waals surface area contributed by atoms with Crippen molar-refractivity contribution < 1.29 is 18.3 Å². The highest BCUT2D eigenvalue weighted by Crippen LogP contribution is 2.40. The first-order chi connectivity index (χ1) is 9.47. The monoisotopic (exact) mass is 352 g/mol. The Kier molecular flexibility index (Phi) is 5.06. The van der Waals surface area contributed by atoms with Crippen molar-refractivity contribution in [2.75, 3.05) is 32.8 Å². The molecule has 0 saturated carbocycles. The fraction of sp³-hybridized carbons (Fsp3) is 0.538. The lowest BCUT2D eigenvalue weighted by molar-refractivity contribution is -0.119. The highest BCUT2D eigenvalue weighted by Gasteiger charge is 2.46. The molecule has 2 rings (SSSR count). The molecule has 3 nitrogen and oxygen atoms in total. The summed E-state index contributed by atoms with van der Waals surface area (Å²) in [6.45, 7) is 0.554. The van der Waals surface area contributed by atoms with E-state index in [4.69, 9.17) is 5.11 Å². The number of rotatable bonds is 4. The van der Waals surface area contributed by atoms with Crippen LogP contribution in [0.3, 0.4) is 0 Å². The standard InChI is InChI=1S/C13H16BrF3N2O/c14-9-2-1-3-10(15)11(9)12(13(16,17)8-20)19-6-4-18-5-7-19/h1-3,12,18,20H,4-8H2/t12-/m1/s1. The molecule has 20 heavy (non-hydrogen) atoms. The number of nitrogens with zero attached hydrogens (tertiary/aromatic N) is 1. The van der Waals surface area contributed by atoms with Crippen molar-refractivity contribution in [2.45, 2.75) is 12.0 Å². The molecule has 112 valence electrons. The number of benzene rings is 1. The third-order valence-corrected chi connectivity index (χ3v) is 4.09. The summed E-state index contributed by atoms with van der Waals surface area (Å²) in [5.41, 5.74) is -0.103. The number of aliphatic hydroxyl groups is 1. The van der Waals surface area contributed by atoms with E-state index >= 15 is 0 Å². The van der Waals surface area contributed by atoms with E-state index in [9.17, 15) is 13.2 Å². The fourth-order valence-corrected chi connectivity index (χ4v) is 3.02. The Balaban J connectivity index is 2.45. The highest BCUT2D eigenvalue weighted by molar-refractivity contribution is 9.10. The molecule has 2 N–H and O–H groups in total. The number of halogens is 4. The Hall–Kier alpha value is -0.630. The molecular formula is C13H16BrF3N2O. The number of piperazine rings is 1. The van der Waals surface area contributed by atoms with Crippen LogP contribution >= 0.6 is 15.9 Å². The fourth-order valence-electron chi connectivity index (χ4n) is 2.46. The second-order valence-electron chi connectivity index (χ2n) is 4.74. The molecule has 0 radical (unpaired) electrons. The zero-order chi connectivity index (χ0) is 14.8. The van der Waals surface area contributed by atoms with E-state index < -0.39 is 24.4 Å². The molecule has 0 aliphatic carbocycles. The molecule has 1 fully saturated rings. The summed E-state index contributed by atoms with van der Waals surface area (Å²) in [5.74, 6) is -4.11. The van der Waals surface area contributed by atoms with Crippen LogP contribution in [-0.2, 0) is 0 Å². The van der Waals surface area contributed by atoms with E-state index in [0.717, 1.165) is 6.07 Å². The molecule has 0 amide bonds. The maximum atomic E-state index is 14.1. The smallest absolute Gasteiger partial charge is 0.290 e. The quantitative estimate of drug-likeness (QED) is 0.871. The minimum Gasteiger partial charge on any atom is -0.390 e. The molecule has 1 aromatic rings. The van der Waals surface area contributed by atoms with Gasteiger partial charge in [-0.3, -0.25) is 4.90 Å². The summed E-state index contributed by atoms with van der Waals surface area (Å²) in [4.78, 5) is 1.51. The third kappa shape index (κ3) is 3.16.